The average molecular weight is 622 g/mol. The molecule has 5 rings (SSSR count). The van der Waals surface area contributed by atoms with Crippen LogP contribution in [0.3, 0.4) is 0 Å². The molecule has 0 aliphatic heterocycles. The van der Waals surface area contributed by atoms with Gasteiger partial charge in [-0.3, -0.25) is 19.9 Å². The Labute approximate surface area is 263 Å². The first-order valence-corrected chi connectivity index (χ1v) is 14.3. The smallest absolute Gasteiger partial charge is 0.412 e. The molecule has 0 saturated heterocycles. The molecule has 11 nitrogen and oxygen atoms in total. The topological polar surface area (TPSA) is 141 Å². The zero-order valence-corrected chi connectivity index (χ0v) is 24.7. The maximum Gasteiger partial charge on any atom is 0.412 e. The number of aromatic nitrogens is 5. The first-order chi connectivity index (χ1) is 21.9. The maximum atomic E-state index is 13.5. The van der Waals surface area contributed by atoms with E-state index in [9.17, 15) is 14.4 Å². The second-order valence-electron chi connectivity index (χ2n) is 9.90. The predicted octanol–water partition coefficient (Wildman–Crippen LogP) is 5.01. The molecular formula is C33H28ClN7O4. The fourth-order valence-electron chi connectivity index (χ4n) is 4.43. The first-order valence-electron chi connectivity index (χ1n) is 13.9. The Kier molecular flexibility index (Phi) is 10.4. The zero-order valence-electron chi connectivity index (χ0n) is 23.9. The molecule has 0 aliphatic carbocycles. The van der Waals surface area contributed by atoms with Crippen molar-refractivity contribution in [2.24, 2.45) is 0 Å². The van der Waals surface area contributed by atoms with Crippen molar-refractivity contribution in [1.82, 2.24) is 30.5 Å². The second-order valence-corrected chi connectivity index (χ2v) is 10.3. The van der Waals surface area contributed by atoms with Crippen molar-refractivity contribution in [2.45, 2.75) is 25.5 Å². The number of carbonyl (C=O) groups excluding carboxylic acids is 3. The molecular weight excluding hydrogens is 594 g/mol. The Morgan fingerprint density at radius 1 is 0.933 bits per heavy atom. The van der Waals surface area contributed by atoms with Crippen LogP contribution in [0.1, 0.15) is 22.4 Å². The van der Waals surface area contributed by atoms with Gasteiger partial charge in [0.25, 0.3) is 0 Å². The molecule has 0 spiro atoms. The number of ketones is 1. The van der Waals surface area contributed by atoms with Crippen LogP contribution in [-0.4, -0.2) is 49.0 Å². The van der Waals surface area contributed by atoms with Crippen LogP contribution < -0.4 is 10.6 Å². The summed E-state index contributed by atoms with van der Waals surface area (Å²) in [4.78, 5) is 42.8. The summed E-state index contributed by atoms with van der Waals surface area (Å²) in [6, 6.07) is 26.0. The summed E-state index contributed by atoms with van der Waals surface area (Å²) >= 11 is 6.19. The molecule has 2 amide bonds. The molecule has 0 bridgehead atoms. The summed E-state index contributed by atoms with van der Waals surface area (Å²) in [5.74, 6) is -0.621. The van der Waals surface area contributed by atoms with E-state index in [2.05, 4.69) is 31.1 Å². The van der Waals surface area contributed by atoms with Gasteiger partial charge in [-0.25, -0.2) is 4.79 Å². The molecule has 2 N–H and O–H groups in total. The van der Waals surface area contributed by atoms with Gasteiger partial charge in [-0.15, -0.1) is 5.10 Å². The van der Waals surface area contributed by atoms with Crippen LogP contribution in [0.25, 0.3) is 11.8 Å². The van der Waals surface area contributed by atoms with Crippen LogP contribution in [0.2, 0.25) is 5.02 Å². The van der Waals surface area contributed by atoms with Crippen molar-refractivity contribution in [3.8, 4) is 5.69 Å². The molecule has 1 atom stereocenters. The first kappa shape index (κ1) is 30.8. The molecule has 12 heteroatoms. The quantitative estimate of drug-likeness (QED) is 0.185. The van der Waals surface area contributed by atoms with Gasteiger partial charge in [0.1, 0.15) is 12.9 Å². The number of halogens is 1. The van der Waals surface area contributed by atoms with E-state index in [0.29, 0.717) is 34.1 Å². The molecule has 45 heavy (non-hydrogen) atoms. The van der Waals surface area contributed by atoms with Crippen molar-refractivity contribution in [3.05, 3.63) is 137 Å². The van der Waals surface area contributed by atoms with Gasteiger partial charge in [-0.2, -0.15) is 4.68 Å². The Morgan fingerprint density at radius 3 is 2.47 bits per heavy atom. The number of pyridine rings is 1. The number of rotatable bonds is 12. The Bertz CT molecular complexity index is 1760. The van der Waals surface area contributed by atoms with E-state index in [1.165, 1.54) is 17.1 Å². The molecule has 0 aliphatic rings. The highest BCUT2D eigenvalue weighted by molar-refractivity contribution is 6.30. The number of nitrogens with zero attached hydrogens (tertiary/aromatic N) is 5. The number of benzene rings is 3. The summed E-state index contributed by atoms with van der Waals surface area (Å²) < 4.78 is 6.66. The van der Waals surface area contributed by atoms with Crippen LogP contribution >= 0.6 is 11.6 Å². The third kappa shape index (κ3) is 9.15. The summed E-state index contributed by atoms with van der Waals surface area (Å²) in [5.41, 5.74) is 4.01. The highest BCUT2D eigenvalue weighted by Crippen LogP contribution is 2.20. The van der Waals surface area contributed by atoms with Crippen LogP contribution in [-0.2, 0) is 33.8 Å². The Balaban J connectivity index is 1.23. The minimum Gasteiger partial charge on any atom is -0.443 e. The SMILES string of the molecule is O=C(/C=C/c1cc(Cl)ccc1-n1cnnn1)N[C@@H](Cc1ccccc1)C(=O)Cc1ccc(NC(=O)OCc2ccccn2)cc1. The number of tetrazole rings is 1. The molecule has 5 aromatic rings. The zero-order chi connectivity index (χ0) is 31.4. The number of Topliss-reactive ketones (excluding diaryl/α,β-unsaturated/α-hetero) is 1. The van der Waals surface area contributed by atoms with Crippen LogP contribution in [0.5, 0.6) is 0 Å². The molecule has 0 saturated carbocycles. The van der Waals surface area contributed by atoms with Gasteiger partial charge in [0.15, 0.2) is 5.78 Å². The number of hydrogen-bond donors (Lipinski definition) is 2. The lowest BCUT2D eigenvalue weighted by atomic mass is 9.97. The highest BCUT2D eigenvalue weighted by Gasteiger charge is 2.21. The van der Waals surface area contributed by atoms with Gasteiger partial charge in [0.2, 0.25) is 5.91 Å². The normalized spacial score (nSPS) is 11.6. The van der Waals surface area contributed by atoms with Gasteiger partial charge in [0, 0.05) is 35.0 Å². The molecule has 2 heterocycles. The van der Waals surface area contributed by atoms with Crippen molar-refractivity contribution in [3.63, 3.8) is 0 Å². The monoisotopic (exact) mass is 621 g/mol. The Hall–Kier alpha value is -5.68. The van der Waals surface area contributed by atoms with E-state index in [1.807, 2.05) is 36.4 Å². The minimum atomic E-state index is -0.790. The summed E-state index contributed by atoms with van der Waals surface area (Å²) in [5, 5.41) is 17.2. The Morgan fingerprint density at radius 2 is 1.73 bits per heavy atom. The molecule has 3 aromatic carbocycles. The van der Waals surface area contributed by atoms with Gasteiger partial charge in [-0.1, -0.05) is 60.1 Å². The standard InChI is InChI=1S/C33H28ClN7O4/c34-26-12-15-30(41-22-36-39-40-41)25(20-26)11-16-32(43)38-29(18-23-6-2-1-3-7-23)31(42)19-24-9-13-27(14-10-24)37-33(44)45-21-28-8-4-5-17-35-28/h1-17,20,22,29H,18-19,21H2,(H,37,44)(H,38,43)/b16-11+/t29-/m0/s1. The lowest BCUT2D eigenvalue weighted by Crippen LogP contribution is -2.42. The number of nitrogens with one attached hydrogen (secondary N) is 2. The lowest BCUT2D eigenvalue weighted by molar-refractivity contribution is -0.125. The van der Waals surface area contributed by atoms with E-state index in [4.69, 9.17) is 16.3 Å². The summed E-state index contributed by atoms with van der Waals surface area (Å²) in [6.45, 7) is 0.0442. The van der Waals surface area contributed by atoms with E-state index >= 15 is 0 Å². The fraction of sp³-hybridized carbons (Fsp3) is 0.121. The number of anilines is 1. The maximum absolute atomic E-state index is 13.5. The molecule has 0 radical (unpaired) electrons. The lowest BCUT2D eigenvalue weighted by Gasteiger charge is -2.17. The molecule has 0 unspecified atom stereocenters. The van der Waals surface area contributed by atoms with Crippen molar-refractivity contribution in [2.75, 3.05) is 5.32 Å². The second kappa shape index (κ2) is 15.2. The van der Waals surface area contributed by atoms with Crippen LogP contribution in [0.4, 0.5) is 10.5 Å². The van der Waals surface area contributed by atoms with Gasteiger partial charge in [-0.05, 0) is 76.5 Å². The summed E-state index contributed by atoms with van der Waals surface area (Å²) in [7, 11) is 0. The summed E-state index contributed by atoms with van der Waals surface area (Å²) in [6.07, 6.45) is 5.77. The fourth-order valence-corrected chi connectivity index (χ4v) is 4.61. The van der Waals surface area contributed by atoms with Crippen molar-refractivity contribution >= 4 is 41.1 Å². The number of hydrogen-bond acceptors (Lipinski definition) is 8. The van der Waals surface area contributed by atoms with E-state index < -0.39 is 18.0 Å². The third-order valence-electron chi connectivity index (χ3n) is 6.64. The molecule has 2 aromatic heterocycles. The van der Waals surface area contributed by atoms with Gasteiger partial charge >= 0.3 is 6.09 Å². The van der Waals surface area contributed by atoms with E-state index in [-0.39, 0.29) is 18.8 Å². The average Bonchev–Trinajstić information content (AvgIpc) is 3.59. The highest BCUT2D eigenvalue weighted by atomic mass is 35.5. The van der Waals surface area contributed by atoms with Crippen molar-refractivity contribution < 1.29 is 19.1 Å². The van der Waals surface area contributed by atoms with E-state index in [1.54, 1.807) is 66.9 Å². The van der Waals surface area contributed by atoms with E-state index in [0.717, 1.165) is 11.1 Å². The van der Waals surface area contributed by atoms with Crippen LogP contribution in [0.15, 0.2) is 110 Å². The third-order valence-corrected chi connectivity index (χ3v) is 6.88. The van der Waals surface area contributed by atoms with Gasteiger partial charge in [0.05, 0.1) is 17.4 Å². The number of ether oxygens (including phenoxy) is 1. The van der Waals surface area contributed by atoms with Crippen molar-refractivity contribution in [1.29, 1.82) is 0 Å². The van der Waals surface area contributed by atoms with Gasteiger partial charge < -0.3 is 10.1 Å². The number of amides is 2. The molecule has 0 fully saturated rings. The largest absolute Gasteiger partial charge is 0.443 e. The number of carbonyl (C=O) groups is 3. The minimum absolute atomic E-state index is 0.0442. The molecule has 226 valence electrons. The van der Waals surface area contributed by atoms with Crippen LogP contribution in [0, 0.1) is 0 Å². The predicted molar refractivity (Wildman–Crippen MR) is 168 cm³/mol.